The van der Waals surface area contributed by atoms with Crippen LogP contribution in [0.1, 0.15) is 56.1 Å². The Kier molecular flexibility index (Phi) is 4.91. The molecule has 0 radical (unpaired) electrons. The van der Waals surface area contributed by atoms with Crippen LogP contribution in [0.4, 0.5) is 5.69 Å². The van der Waals surface area contributed by atoms with Gasteiger partial charge in [0.25, 0.3) is 0 Å². The molecule has 2 N–H and O–H groups in total. The molecule has 1 atom stereocenters. The van der Waals surface area contributed by atoms with E-state index in [0.29, 0.717) is 12.5 Å². The van der Waals surface area contributed by atoms with Crippen LogP contribution >= 0.6 is 0 Å². The highest BCUT2D eigenvalue weighted by molar-refractivity contribution is 5.91. The molecular formula is C18H26N2O. The summed E-state index contributed by atoms with van der Waals surface area (Å²) < 4.78 is 0. The third-order valence-corrected chi connectivity index (χ3v) is 4.80. The topological polar surface area (TPSA) is 41.1 Å². The van der Waals surface area contributed by atoms with Crippen LogP contribution in [-0.2, 0) is 17.6 Å². The Bertz CT molecular complexity index is 492. The van der Waals surface area contributed by atoms with Gasteiger partial charge in [-0.1, -0.05) is 18.6 Å². The maximum atomic E-state index is 12.2. The number of aryl methyl sites for hydroxylation is 1. The van der Waals surface area contributed by atoms with E-state index in [0.717, 1.165) is 31.5 Å². The molecule has 1 fully saturated rings. The van der Waals surface area contributed by atoms with E-state index in [1.54, 1.807) is 0 Å². The minimum absolute atomic E-state index is 0.168. The van der Waals surface area contributed by atoms with Crippen molar-refractivity contribution in [2.24, 2.45) is 0 Å². The van der Waals surface area contributed by atoms with Gasteiger partial charge >= 0.3 is 0 Å². The van der Waals surface area contributed by atoms with Gasteiger partial charge in [-0.3, -0.25) is 4.79 Å². The van der Waals surface area contributed by atoms with Gasteiger partial charge in [0.15, 0.2) is 0 Å². The van der Waals surface area contributed by atoms with Crippen LogP contribution in [0.3, 0.4) is 0 Å². The number of hydrogen-bond donors (Lipinski definition) is 2. The van der Waals surface area contributed by atoms with Gasteiger partial charge in [-0.15, -0.1) is 0 Å². The van der Waals surface area contributed by atoms with Gasteiger partial charge in [0.2, 0.25) is 5.91 Å². The molecule has 3 heteroatoms. The van der Waals surface area contributed by atoms with Crippen molar-refractivity contribution in [3.05, 3.63) is 29.3 Å². The Morgan fingerprint density at radius 1 is 1.19 bits per heavy atom. The molecule has 1 unspecified atom stereocenters. The maximum Gasteiger partial charge on any atom is 0.224 e. The van der Waals surface area contributed by atoms with E-state index in [-0.39, 0.29) is 5.91 Å². The second-order valence-electron chi connectivity index (χ2n) is 6.38. The third-order valence-electron chi connectivity index (χ3n) is 4.80. The van der Waals surface area contributed by atoms with Crippen LogP contribution in [-0.4, -0.2) is 18.5 Å². The van der Waals surface area contributed by atoms with E-state index >= 15 is 0 Å². The lowest BCUT2D eigenvalue weighted by Crippen LogP contribution is -2.34. The summed E-state index contributed by atoms with van der Waals surface area (Å²) in [6.07, 6.45) is 10.2. The second kappa shape index (κ2) is 7.08. The quantitative estimate of drug-likeness (QED) is 0.890. The number of benzene rings is 1. The van der Waals surface area contributed by atoms with E-state index < -0.39 is 0 Å². The van der Waals surface area contributed by atoms with Crippen LogP contribution in [0.5, 0.6) is 0 Å². The van der Waals surface area contributed by atoms with Crippen molar-refractivity contribution < 1.29 is 4.79 Å². The Morgan fingerprint density at radius 2 is 2.10 bits per heavy atom. The molecule has 1 aliphatic heterocycles. The first kappa shape index (κ1) is 14.6. The number of hydrogen-bond acceptors (Lipinski definition) is 2. The summed E-state index contributed by atoms with van der Waals surface area (Å²) in [7, 11) is 0. The molecule has 1 aromatic rings. The molecule has 3 nitrogen and oxygen atoms in total. The van der Waals surface area contributed by atoms with Crippen molar-refractivity contribution in [2.75, 3.05) is 11.9 Å². The molecule has 0 saturated carbocycles. The number of amides is 1. The monoisotopic (exact) mass is 286 g/mol. The lowest BCUT2D eigenvalue weighted by molar-refractivity contribution is -0.116. The molecule has 21 heavy (non-hydrogen) atoms. The smallest absolute Gasteiger partial charge is 0.224 e. The lowest BCUT2D eigenvalue weighted by atomic mass is 9.90. The van der Waals surface area contributed by atoms with Gasteiger partial charge < -0.3 is 10.6 Å². The Morgan fingerprint density at radius 3 is 2.95 bits per heavy atom. The predicted octanol–water partition coefficient (Wildman–Crippen LogP) is 3.43. The first-order chi connectivity index (χ1) is 10.3. The fraction of sp³-hybridized carbons (Fsp3) is 0.611. The largest absolute Gasteiger partial charge is 0.326 e. The summed E-state index contributed by atoms with van der Waals surface area (Å²) in [4.78, 5) is 12.2. The normalized spacial score (nSPS) is 21.6. The Balaban J connectivity index is 1.55. The van der Waals surface area contributed by atoms with E-state index in [4.69, 9.17) is 0 Å². The number of carbonyl (C=O) groups is 1. The van der Waals surface area contributed by atoms with Gasteiger partial charge in [-0.05, 0) is 68.7 Å². The highest BCUT2D eigenvalue weighted by atomic mass is 16.1. The van der Waals surface area contributed by atoms with Gasteiger partial charge in [-0.2, -0.15) is 0 Å². The first-order valence-electron chi connectivity index (χ1n) is 8.47. The molecule has 3 rings (SSSR count). The third kappa shape index (κ3) is 3.85. The fourth-order valence-corrected chi connectivity index (χ4v) is 3.59. The van der Waals surface area contributed by atoms with Crippen LogP contribution in [0, 0.1) is 0 Å². The maximum absolute atomic E-state index is 12.2. The standard InChI is InChI=1S/C18H26N2O/c21-18(12-11-15-8-3-4-13-19-15)20-17-10-5-7-14-6-1-2-9-16(14)17/h5,7,10,15,19H,1-4,6,8-9,11-13H2,(H,20,21). The van der Waals surface area contributed by atoms with Crippen molar-refractivity contribution >= 4 is 11.6 Å². The summed E-state index contributed by atoms with van der Waals surface area (Å²) >= 11 is 0. The molecule has 1 aromatic carbocycles. The molecule has 1 saturated heterocycles. The van der Waals surface area contributed by atoms with Crippen molar-refractivity contribution in [2.45, 2.75) is 63.8 Å². The van der Waals surface area contributed by atoms with Gasteiger partial charge in [0.1, 0.15) is 0 Å². The molecule has 0 aromatic heterocycles. The number of rotatable bonds is 4. The van der Waals surface area contributed by atoms with E-state index in [1.165, 1.54) is 43.2 Å². The summed E-state index contributed by atoms with van der Waals surface area (Å²) in [6.45, 7) is 1.11. The van der Waals surface area contributed by atoms with Crippen LogP contribution in [0.15, 0.2) is 18.2 Å². The van der Waals surface area contributed by atoms with E-state index in [1.807, 2.05) is 0 Å². The zero-order valence-corrected chi connectivity index (χ0v) is 12.8. The number of piperidine rings is 1. The van der Waals surface area contributed by atoms with Crippen LogP contribution in [0.25, 0.3) is 0 Å². The van der Waals surface area contributed by atoms with Crippen molar-refractivity contribution in [1.29, 1.82) is 0 Å². The average molecular weight is 286 g/mol. The zero-order valence-electron chi connectivity index (χ0n) is 12.8. The highest BCUT2D eigenvalue weighted by Crippen LogP contribution is 2.28. The number of fused-ring (bicyclic) bond motifs is 1. The van der Waals surface area contributed by atoms with E-state index in [9.17, 15) is 4.79 Å². The molecule has 1 heterocycles. The zero-order chi connectivity index (χ0) is 14.5. The van der Waals surface area contributed by atoms with Crippen molar-refractivity contribution in [1.82, 2.24) is 5.32 Å². The van der Waals surface area contributed by atoms with E-state index in [2.05, 4.69) is 28.8 Å². The molecule has 114 valence electrons. The molecule has 1 amide bonds. The van der Waals surface area contributed by atoms with Crippen LogP contribution < -0.4 is 10.6 Å². The molecule has 2 aliphatic rings. The van der Waals surface area contributed by atoms with Crippen molar-refractivity contribution in [3.63, 3.8) is 0 Å². The predicted molar refractivity (Wildman–Crippen MR) is 86.6 cm³/mol. The number of nitrogens with one attached hydrogen (secondary N) is 2. The van der Waals surface area contributed by atoms with Crippen molar-refractivity contribution in [3.8, 4) is 0 Å². The number of anilines is 1. The Labute approximate surface area is 127 Å². The molecule has 1 aliphatic carbocycles. The molecule has 0 spiro atoms. The minimum atomic E-state index is 0.168. The first-order valence-corrected chi connectivity index (χ1v) is 8.47. The lowest BCUT2D eigenvalue weighted by Gasteiger charge is -2.23. The highest BCUT2D eigenvalue weighted by Gasteiger charge is 2.16. The fourth-order valence-electron chi connectivity index (χ4n) is 3.59. The number of carbonyl (C=O) groups excluding carboxylic acids is 1. The second-order valence-corrected chi connectivity index (χ2v) is 6.38. The minimum Gasteiger partial charge on any atom is -0.326 e. The van der Waals surface area contributed by atoms with Gasteiger partial charge in [0.05, 0.1) is 0 Å². The molecular weight excluding hydrogens is 260 g/mol. The average Bonchev–Trinajstić information content (AvgIpc) is 2.54. The summed E-state index contributed by atoms with van der Waals surface area (Å²) in [5.74, 6) is 0.168. The summed E-state index contributed by atoms with van der Waals surface area (Å²) in [5.41, 5.74) is 3.84. The SMILES string of the molecule is O=C(CCC1CCCCN1)Nc1cccc2c1CCCC2. The Hall–Kier alpha value is -1.35. The van der Waals surface area contributed by atoms with Gasteiger partial charge in [0, 0.05) is 18.2 Å². The summed E-state index contributed by atoms with van der Waals surface area (Å²) in [5, 5.41) is 6.65. The van der Waals surface area contributed by atoms with Gasteiger partial charge in [-0.25, -0.2) is 0 Å². The van der Waals surface area contributed by atoms with Crippen LogP contribution in [0.2, 0.25) is 0 Å². The summed E-state index contributed by atoms with van der Waals surface area (Å²) in [6, 6.07) is 6.87. The molecule has 0 bridgehead atoms.